The fourth-order valence-electron chi connectivity index (χ4n) is 0.756. The summed E-state index contributed by atoms with van der Waals surface area (Å²) in [5.41, 5.74) is 0. The van der Waals surface area contributed by atoms with Crippen LogP contribution in [0.2, 0.25) is 0 Å². The van der Waals surface area contributed by atoms with Gasteiger partial charge in [0.15, 0.2) is 9.84 Å². The zero-order chi connectivity index (χ0) is 11.2. The number of carboxylic acid groups (broad SMARTS) is 1. The lowest BCUT2D eigenvalue weighted by molar-refractivity contribution is -0.136. The molecule has 0 aliphatic heterocycles. The maximum absolute atomic E-state index is 11.2. The van der Waals surface area contributed by atoms with Crippen molar-refractivity contribution in [1.82, 2.24) is 0 Å². The average molecular weight is 224 g/mol. The van der Waals surface area contributed by atoms with Gasteiger partial charge >= 0.3 is 5.97 Å². The van der Waals surface area contributed by atoms with Crippen molar-refractivity contribution in [3.05, 3.63) is 0 Å². The standard InChI is InChI=1S/C8H16O5S/c1-7(2)13-4-6-14(11,12)5-3-8(9)10/h7H,3-6H2,1-2H3,(H,9,10). The highest BCUT2D eigenvalue weighted by Crippen LogP contribution is 1.96. The summed E-state index contributed by atoms with van der Waals surface area (Å²) in [6.45, 7) is 3.74. The van der Waals surface area contributed by atoms with Gasteiger partial charge in [0.2, 0.25) is 0 Å². The van der Waals surface area contributed by atoms with Gasteiger partial charge < -0.3 is 9.84 Å². The number of hydrogen-bond acceptors (Lipinski definition) is 4. The molecule has 0 atom stereocenters. The van der Waals surface area contributed by atoms with Gasteiger partial charge in [0.25, 0.3) is 0 Å². The molecule has 0 saturated carbocycles. The molecule has 0 unspecified atom stereocenters. The van der Waals surface area contributed by atoms with E-state index in [1.54, 1.807) is 0 Å². The van der Waals surface area contributed by atoms with Gasteiger partial charge in [-0.25, -0.2) is 8.42 Å². The van der Waals surface area contributed by atoms with Crippen molar-refractivity contribution in [2.75, 3.05) is 18.1 Å². The Bertz CT molecular complexity index is 267. The molecule has 0 aromatic carbocycles. The number of hydrogen-bond donors (Lipinski definition) is 1. The zero-order valence-electron chi connectivity index (χ0n) is 8.39. The van der Waals surface area contributed by atoms with E-state index in [0.29, 0.717) is 0 Å². The van der Waals surface area contributed by atoms with Crippen LogP contribution in [0.15, 0.2) is 0 Å². The van der Waals surface area contributed by atoms with Gasteiger partial charge in [0.1, 0.15) is 0 Å². The molecule has 84 valence electrons. The molecule has 14 heavy (non-hydrogen) atoms. The number of sulfone groups is 1. The maximum atomic E-state index is 11.2. The average Bonchev–Trinajstić information content (AvgIpc) is 2.00. The molecule has 0 aliphatic rings. The molecule has 0 amide bonds. The minimum absolute atomic E-state index is 0.00956. The molecule has 0 aromatic rings. The molecule has 0 saturated heterocycles. The van der Waals surface area contributed by atoms with Crippen molar-refractivity contribution in [2.45, 2.75) is 26.4 Å². The Morgan fingerprint density at radius 3 is 2.36 bits per heavy atom. The molecule has 0 aromatic heterocycles. The molecule has 5 nitrogen and oxygen atoms in total. The van der Waals surface area contributed by atoms with Crippen LogP contribution in [0.25, 0.3) is 0 Å². The minimum Gasteiger partial charge on any atom is -0.481 e. The first kappa shape index (κ1) is 13.4. The highest BCUT2D eigenvalue weighted by Gasteiger charge is 2.13. The van der Waals surface area contributed by atoms with Gasteiger partial charge in [0, 0.05) is 0 Å². The smallest absolute Gasteiger partial charge is 0.304 e. The summed E-state index contributed by atoms with van der Waals surface area (Å²) in [5, 5.41) is 8.29. The Kier molecular flexibility index (Phi) is 5.71. The van der Waals surface area contributed by atoms with Crippen molar-refractivity contribution in [1.29, 1.82) is 0 Å². The first-order valence-electron chi connectivity index (χ1n) is 4.37. The second-order valence-corrected chi connectivity index (χ2v) is 5.52. The summed E-state index contributed by atoms with van der Waals surface area (Å²) in [7, 11) is -3.28. The fourth-order valence-corrected chi connectivity index (χ4v) is 1.80. The van der Waals surface area contributed by atoms with E-state index in [-0.39, 0.29) is 30.6 Å². The van der Waals surface area contributed by atoms with E-state index in [1.807, 2.05) is 13.8 Å². The molecule has 0 radical (unpaired) electrons. The SMILES string of the molecule is CC(C)OCCS(=O)(=O)CCC(=O)O. The van der Waals surface area contributed by atoms with Crippen molar-refractivity contribution in [3.63, 3.8) is 0 Å². The van der Waals surface area contributed by atoms with Crippen LogP contribution in [0.3, 0.4) is 0 Å². The minimum atomic E-state index is -3.28. The summed E-state index contributed by atoms with van der Waals surface area (Å²) in [6, 6.07) is 0. The lowest BCUT2D eigenvalue weighted by Crippen LogP contribution is -2.19. The third-order valence-electron chi connectivity index (χ3n) is 1.47. The summed E-state index contributed by atoms with van der Waals surface area (Å²) < 4.78 is 27.4. The second kappa shape index (κ2) is 5.98. The van der Waals surface area contributed by atoms with Gasteiger partial charge in [-0.05, 0) is 13.8 Å². The third-order valence-corrected chi connectivity index (χ3v) is 3.09. The Balaban J connectivity index is 3.79. The van der Waals surface area contributed by atoms with E-state index in [2.05, 4.69) is 0 Å². The lowest BCUT2D eigenvalue weighted by atomic mass is 10.5. The lowest BCUT2D eigenvalue weighted by Gasteiger charge is -2.07. The molecular weight excluding hydrogens is 208 g/mol. The van der Waals surface area contributed by atoms with Crippen LogP contribution in [0.5, 0.6) is 0 Å². The van der Waals surface area contributed by atoms with Gasteiger partial charge in [-0.1, -0.05) is 0 Å². The van der Waals surface area contributed by atoms with E-state index >= 15 is 0 Å². The topological polar surface area (TPSA) is 80.7 Å². The van der Waals surface area contributed by atoms with E-state index in [9.17, 15) is 13.2 Å². The van der Waals surface area contributed by atoms with Crippen molar-refractivity contribution in [2.24, 2.45) is 0 Å². The van der Waals surface area contributed by atoms with Crippen LogP contribution in [0, 0.1) is 0 Å². The summed E-state index contributed by atoms with van der Waals surface area (Å²) >= 11 is 0. The molecule has 1 N–H and O–H groups in total. The molecule has 0 heterocycles. The van der Waals surface area contributed by atoms with Gasteiger partial charge in [-0.3, -0.25) is 4.79 Å². The first-order valence-corrected chi connectivity index (χ1v) is 6.19. The number of carbonyl (C=O) groups is 1. The number of aliphatic carboxylic acids is 1. The molecule has 6 heteroatoms. The molecular formula is C8H16O5S. The summed E-state index contributed by atoms with van der Waals surface area (Å²) in [6.07, 6.45) is -0.353. The van der Waals surface area contributed by atoms with Crippen LogP contribution in [0.4, 0.5) is 0 Å². The summed E-state index contributed by atoms with van der Waals surface area (Å²) in [5.74, 6) is -1.53. The molecule has 0 bridgehead atoms. The van der Waals surface area contributed by atoms with Gasteiger partial charge in [-0.15, -0.1) is 0 Å². The number of carboxylic acids is 1. The highest BCUT2D eigenvalue weighted by molar-refractivity contribution is 7.91. The van der Waals surface area contributed by atoms with Crippen LogP contribution in [-0.4, -0.2) is 43.7 Å². The molecule has 0 spiro atoms. The van der Waals surface area contributed by atoms with Crippen molar-refractivity contribution in [3.8, 4) is 0 Å². The first-order chi connectivity index (χ1) is 6.33. The zero-order valence-corrected chi connectivity index (χ0v) is 9.21. The predicted molar refractivity (Wildman–Crippen MR) is 52.0 cm³/mol. The Hall–Kier alpha value is -0.620. The Morgan fingerprint density at radius 1 is 1.36 bits per heavy atom. The maximum Gasteiger partial charge on any atom is 0.304 e. The quantitative estimate of drug-likeness (QED) is 0.672. The third kappa shape index (κ3) is 8.00. The molecule has 0 fully saturated rings. The predicted octanol–water partition coefficient (Wildman–Crippen LogP) is 0.301. The van der Waals surface area contributed by atoms with E-state index in [0.717, 1.165) is 0 Å². The highest BCUT2D eigenvalue weighted by atomic mass is 32.2. The van der Waals surface area contributed by atoms with Crippen LogP contribution < -0.4 is 0 Å². The number of rotatable bonds is 7. The largest absolute Gasteiger partial charge is 0.481 e. The fraction of sp³-hybridized carbons (Fsp3) is 0.875. The van der Waals surface area contributed by atoms with Crippen LogP contribution in [-0.2, 0) is 19.4 Å². The molecule has 0 rings (SSSR count). The van der Waals surface area contributed by atoms with E-state index in [1.165, 1.54) is 0 Å². The summed E-state index contributed by atoms with van der Waals surface area (Å²) in [4.78, 5) is 10.1. The Morgan fingerprint density at radius 2 is 1.93 bits per heavy atom. The van der Waals surface area contributed by atoms with E-state index in [4.69, 9.17) is 9.84 Å². The van der Waals surface area contributed by atoms with Crippen molar-refractivity contribution >= 4 is 15.8 Å². The van der Waals surface area contributed by atoms with Crippen molar-refractivity contribution < 1.29 is 23.1 Å². The molecule has 0 aliphatic carbocycles. The monoisotopic (exact) mass is 224 g/mol. The second-order valence-electron chi connectivity index (χ2n) is 3.22. The van der Waals surface area contributed by atoms with Gasteiger partial charge in [0.05, 0.1) is 30.6 Å². The normalized spacial score (nSPS) is 11.9. The Labute approximate surface area is 84.0 Å². The number of ether oxygens (including phenoxy) is 1. The van der Waals surface area contributed by atoms with Crippen LogP contribution in [0.1, 0.15) is 20.3 Å². The van der Waals surface area contributed by atoms with E-state index < -0.39 is 15.8 Å². The van der Waals surface area contributed by atoms with Crippen LogP contribution >= 0.6 is 0 Å². The van der Waals surface area contributed by atoms with Gasteiger partial charge in [-0.2, -0.15) is 0 Å².